The number of carbonyl (C=O) groups is 2. The van der Waals surface area contributed by atoms with Crippen LogP contribution >= 0.6 is 0 Å². The molecule has 1 aromatic carbocycles. The summed E-state index contributed by atoms with van der Waals surface area (Å²) in [6.07, 6.45) is 0.911. The van der Waals surface area contributed by atoms with Gasteiger partial charge < -0.3 is 4.74 Å². The van der Waals surface area contributed by atoms with Crippen molar-refractivity contribution in [3.63, 3.8) is 0 Å². The van der Waals surface area contributed by atoms with Gasteiger partial charge in [0.2, 0.25) is 11.8 Å². The Kier molecular flexibility index (Phi) is 3.84. The molecule has 20 heavy (non-hydrogen) atoms. The van der Waals surface area contributed by atoms with Gasteiger partial charge in [-0.25, -0.2) is 0 Å². The highest BCUT2D eigenvalue weighted by atomic mass is 16.5. The maximum absolute atomic E-state index is 12.0. The molecule has 4 nitrogen and oxygen atoms in total. The van der Waals surface area contributed by atoms with Crippen LogP contribution in [0.25, 0.3) is 0 Å². The molecule has 0 bridgehead atoms. The summed E-state index contributed by atoms with van der Waals surface area (Å²) < 4.78 is 5.38. The fourth-order valence-electron chi connectivity index (χ4n) is 2.46. The first-order valence-corrected chi connectivity index (χ1v) is 6.85. The Bertz CT molecular complexity index is 543. The first-order valence-electron chi connectivity index (χ1n) is 6.85. The Balaban J connectivity index is 2.43. The standard InChI is InChI=1S/C16H21NO3/c1-16(2,3)10-5-7-13(20-4)12(9-10)11-6-8-14(18)17-15(11)19/h5,7,9,11H,6,8H2,1-4H3,(H,17,18,19). The second kappa shape index (κ2) is 5.27. The van der Waals surface area contributed by atoms with Crippen molar-refractivity contribution < 1.29 is 14.3 Å². The highest BCUT2D eigenvalue weighted by Crippen LogP contribution is 2.35. The van der Waals surface area contributed by atoms with Crippen LogP contribution in [0.4, 0.5) is 0 Å². The summed E-state index contributed by atoms with van der Waals surface area (Å²) >= 11 is 0. The van der Waals surface area contributed by atoms with Crippen LogP contribution in [0, 0.1) is 0 Å². The van der Waals surface area contributed by atoms with Crippen molar-refractivity contribution in [3.8, 4) is 5.75 Å². The van der Waals surface area contributed by atoms with Gasteiger partial charge in [-0.2, -0.15) is 0 Å². The highest BCUT2D eigenvalue weighted by Gasteiger charge is 2.31. The molecule has 1 N–H and O–H groups in total. The number of piperidine rings is 1. The summed E-state index contributed by atoms with van der Waals surface area (Å²) in [5.41, 5.74) is 2.02. The van der Waals surface area contributed by atoms with Gasteiger partial charge in [0.1, 0.15) is 5.75 Å². The summed E-state index contributed by atoms with van der Waals surface area (Å²) in [6.45, 7) is 6.38. The quantitative estimate of drug-likeness (QED) is 0.844. The predicted octanol–water partition coefficient (Wildman–Crippen LogP) is 2.51. The van der Waals surface area contributed by atoms with Crippen molar-refractivity contribution in [3.05, 3.63) is 29.3 Å². The number of rotatable bonds is 2. The lowest BCUT2D eigenvalue weighted by Gasteiger charge is -2.26. The van der Waals surface area contributed by atoms with E-state index in [4.69, 9.17) is 4.74 Å². The van der Waals surface area contributed by atoms with E-state index >= 15 is 0 Å². The zero-order valence-corrected chi connectivity index (χ0v) is 12.4. The lowest BCUT2D eigenvalue weighted by atomic mass is 9.82. The Morgan fingerprint density at radius 3 is 2.50 bits per heavy atom. The smallest absolute Gasteiger partial charge is 0.234 e. The van der Waals surface area contributed by atoms with E-state index in [0.717, 1.165) is 11.1 Å². The molecular weight excluding hydrogens is 254 g/mol. The molecule has 0 saturated carbocycles. The van der Waals surface area contributed by atoms with Gasteiger partial charge in [0.05, 0.1) is 13.0 Å². The Labute approximate surface area is 119 Å². The summed E-state index contributed by atoms with van der Waals surface area (Å²) in [7, 11) is 1.60. The number of ether oxygens (including phenoxy) is 1. The Hall–Kier alpha value is -1.84. The number of hydrogen-bond acceptors (Lipinski definition) is 3. The van der Waals surface area contributed by atoms with Crippen LogP contribution in [0.3, 0.4) is 0 Å². The molecule has 1 atom stereocenters. The van der Waals surface area contributed by atoms with Crippen LogP contribution in [0.1, 0.15) is 50.7 Å². The van der Waals surface area contributed by atoms with Crippen molar-refractivity contribution in [2.24, 2.45) is 0 Å². The number of hydrogen-bond donors (Lipinski definition) is 1. The molecule has 1 aromatic rings. The molecule has 0 spiro atoms. The monoisotopic (exact) mass is 275 g/mol. The van der Waals surface area contributed by atoms with Crippen LogP contribution in [-0.2, 0) is 15.0 Å². The fourth-order valence-corrected chi connectivity index (χ4v) is 2.46. The molecule has 1 saturated heterocycles. The highest BCUT2D eigenvalue weighted by molar-refractivity contribution is 6.01. The van der Waals surface area contributed by atoms with E-state index in [9.17, 15) is 9.59 Å². The molecule has 1 fully saturated rings. The topological polar surface area (TPSA) is 55.4 Å². The second-order valence-electron chi connectivity index (χ2n) is 6.21. The lowest BCUT2D eigenvalue weighted by Crippen LogP contribution is -2.39. The fraction of sp³-hybridized carbons (Fsp3) is 0.500. The summed E-state index contributed by atoms with van der Waals surface area (Å²) in [5.74, 6) is -0.0414. The minimum atomic E-state index is -0.315. The van der Waals surface area contributed by atoms with E-state index in [0.29, 0.717) is 18.6 Å². The van der Waals surface area contributed by atoms with Gasteiger partial charge in [-0.3, -0.25) is 14.9 Å². The number of nitrogens with one attached hydrogen (secondary N) is 1. The zero-order valence-electron chi connectivity index (χ0n) is 12.4. The van der Waals surface area contributed by atoms with Crippen molar-refractivity contribution >= 4 is 11.8 Å². The average Bonchev–Trinajstić information content (AvgIpc) is 2.37. The molecule has 108 valence electrons. The minimum absolute atomic E-state index is 0.00197. The van der Waals surface area contributed by atoms with Crippen LogP contribution < -0.4 is 10.1 Å². The Morgan fingerprint density at radius 2 is 1.95 bits per heavy atom. The number of methoxy groups -OCH3 is 1. The molecule has 0 radical (unpaired) electrons. The van der Waals surface area contributed by atoms with Crippen molar-refractivity contribution in [1.29, 1.82) is 0 Å². The van der Waals surface area contributed by atoms with E-state index in [1.165, 1.54) is 0 Å². The first-order chi connectivity index (χ1) is 9.32. The number of carbonyl (C=O) groups excluding carboxylic acids is 2. The zero-order chi connectivity index (χ0) is 14.9. The van der Waals surface area contributed by atoms with E-state index in [2.05, 4.69) is 26.1 Å². The molecule has 1 unspecified atom stereocenters. The third kappa shape index (κ3) is 2.84. The van der Waals surface area contributed by atoms with Gasteiger partial charge in [0, 0.05) is 12.0 Å². The van der Waals surface area contributed by atoms with Crippen molar-refractivity contribution in [2.45, 2.75) is 44.9 Å². The average molecular weight is 275 g/mol. The molecule has 0 aromatic heterocycles. The van der Waals surface area contributed by atoms with Gasteiger partial charge >= 0.3 is 0 Å². The molecule has 0 aliphatic carbocycles. The Morgan fingerprint density at radius 1 is 1.25 bits per heavy atom. The van der Waals surface area contributed by atoms with Gasteiger partial charge in [-0.15, -0.1) is 0 Å². The molecule has 1 aliphatic rings. The van der Waals surface area contributed by atoms with Crippen LogP contribution in [0.5, 0.6) is 5.75 Å². The van der Waals surface area contributed by atoms with Crippen LogP contribution in [0.2, 0.25) is 0 Å². The second-order valence-corrected chi connectivity index (χ2v) is 6.21. The van der Waals surface area contributed by atoms with E-state index in [1.54, 1.807) is 7.11 Å². The molecule has 4 heteroatoms. The summed E-state index contributed by atoms with van der Waals surface area (Å²) in [6, 6.07) is 5.95. The summed E-state index contributed by atoms with van der Waals surface area (Å²) in [5, 5.41) is 2.40. The first kappa shape index (κ1) is 14.6. The van der Waals surface area contributed by atoms with E-state index in [-0.39, 0.29) is 23.1 Å². The third-order valence-electron chi connectivity index (χ3n) is 3.71. The minimum Gasteiger partial charge on any atom is -0.496 e. The molecule has 1 heterocycles. The summed E-state index contributed by atoms with van der Waals surface area (Å²) in [4.78, 5) is 23.3. The molecule has 2 rings (SSSR count). The number of benzene rings is 1. The maximum atomic E-state index is 12.0. The normalized spacial score (nSPS) is 19.7. The molecular formula is C16H21NO3. The molecule has 2 amide bonds. The van der Waals surface area contributed by atoms with Gasteiger partial charge in [0.15, 0.2) is 0 Å². The molecule has 1 aliphatic heterocycles. The SMILES string of the molecule is COc1ccc(C(C)(C)C)cc1C1CCC(=O)NC1=O. The third-order valence-corrected chi connectivity index (χ3v) is 3.71. The maximum Gasteiger partial charge on any atom is 0.234 e. The van der Waals surface area contributed by atoms with Gasteiger partial charge in [0.25, 0.3) is 0 Å². The largest absolute Gasteiger partial charge is 0.496 e. The van der Waals surface area contributed by atoms with Gasteiger partial charge in [-0.1, -0.05) is 32.9 Å². The van der Waals surface area contributed by atoms with E-state index in [1.807, 2.05) is 18.2 Å². The predicted molar refractivity (Wildman–Crippen MR) is 76.8 cm³/mol. The van der Waals surface area contributed by atoms with E-state index < -0.39 is 0 Å². The van der Waals surface area contributed by atoms with Crippen LogP contribution in [0.15, 0.2) is 18.2 Å². The number of amides is 2. The number of imide groups is 1. The van der Waals surface area contributed by atoms with Gasteiger partial charge in [-0.05, 0) is 23.5 Å². The van der Waals surface area contributed by atoms with Crippen molar-refractivity contribution in [2.75, 3.05) is 7.11 Å². The van der Waals surface area contributed by atoms with Crippen LogP contribution in [-0.4, -0.2) is 18.9 Å². The lowest BCUT2D eigenvalue weighted by molar-refractivity contribution is -0.134. The van der Waals surface area contributed by atoms with Crippen molar-refractivity contribution in [1.82, 2.24) is 5.32 Å².